The van der Waals surface area contributed by atoms with Gasteiger partial charge < -0.3 is 0 Å². The number of hydrogen-bond acceptors (Lipinski definition) is 0. The van der Waals surface area contributed by atoms with Gasteiger partial charge in [-0.05, 0) is 6.42 Å². The SMILES string of the molecule is CC[C]Br. The Kier molecular flexibility index (Phi) is 3.90. The van der Waals surface area contributed by atoms with E-state index < -0.39 is 0 Å². The Hall–Kier alpha value is 0.480. The van der Waals surface area contributed by atoms with Crippen molar-refractivity contribution in [2.24, 2.45) is 0 Å². The second-order valence-electron chi connectivity index (χ2n) is 0.487. The molecular formula is C3H5Br. The molecule has 0 aliphatic carbocycles. The summed E-state index contributed by atoms with van der Waals surface area (Å²) in [6.45, 7) is 2.02. The maximum atomic E-state index is 3.00. The summed E-state index contributed by atoms with van der Waals surface area (Å²) >= 11 is 3.00. The van der Waals surface area contributed by atoms with Gasteiger partial charge in [-0.15, -0.1) is 0 Å². The van der Waals surface area contributed by atoms with Crippen molar-refractivity contribution in [3.8, 4) is 0 Å². The monoisotopic (exact) mass is 120 g/mol. The van der Waals surface area contributed by atoms with Gasteiger partial charge >= 0.3 is 0 Å². The normalized spacial score (nSPS) is 7.50. The van der Waals surface area contributed by atoms with Crippen molar-refractivity contribution >= 4 is 15.9 Å². The molecule has 0 atom stereocenters. The van der Waals surface area contributed by atoms with E-state index in [2.05, 4.69) is 21.3 Å². The van der Waals surface area contributed by atoms with E-state index in [1.165, 1.54) is 0 Å². The molecule has 0 unspecified atom stereocenters. The van der Waals surface area contributed by atoms with Crippen molar-refractivity contribution in [2.75, 3.05) is 0 Å². The van der Waals surface area contributed by atoms with Crippen molar-refractivity contribution in [1.82, 2.24) is 0 Å². The molecule has 0 N–H and O–H groups in total. The summed E-state index contributed by atoms with van der Waals surface area (Å²) in [7, 11) is 0. The largest absolute Gasteiger partial charge is 0.0822 e. The quantitative estimate of drug-likeness (QED) is 0.496. The lowest BCUT2D eigenvalue weighted by atomic mass is 10.6. The first-order valence-electron chi connectivity index (χ1n) is 1.25. The van der Waals surface area contributed by atoms with Gasteiger partial charge in [0.25, 0.3) is 0 Å². The van der Waals surface area contributed by atoms with Crippen molar-refractivity contribution < 1.29 is 0 Å². The predicted octanol–water partition coefficient (Wildman–Crippen LogP) is 1.83. The zero-order valence-electron chi connectivity index (χ0n) is 2.59. The van der Waals surface area contributed by atoms with Gasteiger partial charge in [0, 0.05) is 0 Å². The van der Waals surface area contributed by atoms with Gasteiger partial charge in [-0.1, -0.05) is 22.9 Å². The maximum absolute atomic E-state index is 3.00. The molecule has 0 aromatic rings. The first-order chi connectivity index (χ1) is 1.91. The van der Waals surface area contributed by atoms with E-state index >= 15 is 0 Å². The summed E-state index contributed by atoms with van der Waals surface area (Å²) in [5.74, 6) is 0. The lowest BCUT2D eigenvalue weighted by Gasteiger charge is -1.63. The summed E-state index contributed by atoms with van der Waals surface area (Å²) in [5, 5.41) is 2.74. The molecule has 0 aliphatic rings. The number of rotatable bonds is 1. The van der Waals surface area contributed by atoms with Crippen molar-refractivity contribution in [3.63, 3.8) is 0 Å². The highest BCUT2D eigenvalue weighted by molar-refractivity contribution is 9.10. The van der Waals surface area contributed by atoms with Crippen molar-refractivity contribution in [2.45, 2.75) is 13.3 Å². The van der Waals surface area contributed by atoms with Crippen LogP contribution in [0, 0.1) is 5.33 Å². The molecule has 0 rings (SSSR count). The zero-order valence-corrected chi connectivity index (χ0v) is 4.17. The van der Waals surface area contributed by atoms with Crippen LogP contribution in [-0.2, 0) is 0 Å². The molecule has 0 aromatic carbocycles. The van der Waals surface area contributed by atoms with Crippen molar-refractivity contribution in [1.29, 1.82) is 0 Å². The summed E-state index contributed by atoms with van der Waals surface area (Å²) in [4.78, 5) is 0. The summed E-state index contributed by atoms with van der Waals surface area (Å²) in [6.07, 6.45) is 0.986. The summed E-state index contributed by atoms with van der Waals surface area (Å²) in [5.41, 5.74) is 0. The average molecular weight is 121 g/mol. The van der Waals surface area contributed by atoms with E-state index in [4.69, 9.17) is 0 Å². The van der Waals surface area contributed by atoms with Crippen LogP contribution >= 0.6 is 15.9 Å². The molecular weight excluding hydrogens is 116 g/mol. The number of halogens is 1. The van der Waals surface area contributed by atoms with Gasteiger partial charge in [-0.2, -0.15) is 0 Å². The fourth-order valence-corrected chi connectivity index (χ4v) is 0. The molecule has 0 aromatic heterocycles. The third-order valence-electron chi connectivity index (χ3n) is 0.134. The molecule has 0 bridgehead atoms. The molecule has 0 saturated heterocycles. The Morgan fingerprint density at radius 2 is 2.25 bits per heavy atom. The fraction of sp³-hybridized carbons (Fsp3) is 0.667. The van der Waals surface area contributed by atoms with Crippen LogP contribution in [0.1, 0.15) is 13.3 Å². The molecule has 1 heteroatoms. The highest BCUT2D eigenvalue weighted by atomic mass is 79.9. The maximum Gasteiger partial charge on any atom is 0.0588 e. The van der Waals surface area contributed by atoms with Crippen LogP contribution in [-0.4, -0.2) is 0 Å². The van der Waals surface area contributed by atoms with Crippen molar-refractivity contribution in [3.05, 3.63) is 5.33 Å². The van der Waals surface area contributed by atoms with Gasteiger partial charge in [0.05, 0.1) is 5.33 Å². The lowest BCUT2D eigenvalue weighted by molar-refractivity contribution is 1.21. The van der Waals surface area contributed by atoms with Gasteiger partial charge in [-0.25, -0.2) is 0 Å². The molecule has 0 saturated carbocycles. The first kappa shape index (κ1) is 4.48. The molecule has 2 radical (unpaired) electrons. The molecule has 4 heavy (non-hydrogen) atoms. The Morgan fingerprint density at radius 1 is 2.00 bits per heavy atom. The highest BCUT2D eigenvalue weighted by Crippen LogP contribution is 1.89. The second kappa shape index (κ2) is 3.48. The Labute approximate surface area is 35.3 Å². The Bertz CT molecular complexity index is 5.25. The summed E-state index contributed by atoms with van der Waals surface area (Å²) < 4.78 is 0. The van der Waals surface area contributed by atoms with E-state index in [0.717, 1.165) is 6.42 Å². The molecule has 0 heterocycles. The molecule has 0 aliphatic heterocycles. The van der Waals surface area contributed by atoms with Crippen LogP contribution in [0.3, 0.4) is 0 Å². The minimum absolute atomic E-state index is 0.986. The van der Waals surface area contributed by atoms with Crippen LogP contribution in [0.15, 0.2) is 0 Å². The predicted molar refractivity (Wildman–Crippen MR) is 22.5 cm³/mol. The van der Waals surface area contributed by atoms with Crippen LogP contribution < -0.4 is 0 Å². The minimum atomic E-state index is 0.986. The molecule has 0 amide bonds. The van der Waals surface area contributed by atoms with Crippen LogP contribution in [0.4, 0.5) is 0 Å². The summed E-state index contributed by atoms with van der Waals surface area (Å²) in [6, 6.07) is 0. The van der Waals surface area contributed by atoms with Gasteiger partial charge in [0.1, 0.15) is 0 Å². The Morgan fingerprint density at radius 3 is 2.25 bits per heavy atom. The smallest absolute Gasteiger partial charge is 0.0588 e. The van der Waals surface area contributed by atoms with E-state index in [0.29, 0.717) is 0 Å². The zero-order chi connectivity index (χ0) is 3.41. The van der Waals surface area contributed by atoms with Crippen LogP contribution in [0.2, 0.25) is 0 Å². The molecule has 24 valence electrons. The van der Waals surface area contributed by atoms with E-state index in [1.807, 2.05) is 6.92 Å². The molecule has 0 fully saturated rings. The standard InChI is InChI=1S/C3H5Br/c1-2-3-4/h2H2,1H3. The average Bonchev–Trinajstić information content (AvgIpc) is 1.37. The van der Waals surface area contributed by atoms with Crippen LogP contribution in [0.25, 0.3) is 0 Å². The fourth-order valence-electron chi connectivity index (χ4n) is 0. The lowest BCUT2D eigenvalue weighted by Crippen LogP contribution is -1.43. The molecule has 0 spiro atoms. The third kappa shape index (κ3) is 2.48. The number of hydrogen-bond donors (Lipinski definition) is 0. The van der Waals surface area contributed by atoms with Crippen LogP contribution in [0.5, 0.6) is 0 Å². The Balaban J connectivity index is 1.97. The topological polar surface area (TPSA) is 0 Å². The molecule has 0 nitrogen and oxygen atoms in total. The van der Waals surface area contributed by atoms with E-state index in [1.54, 1.807) is 0 Å². The second-order valence-corrected chi connectivity index (χ2v) is 1.05. The van der Waals surface area contributed by atoms with Gasteiger partial charge in [0.15, 0.2) is 0 Å². The highest BCUT2D eigenvalue weighted by Gasteiger charge is 1.61. The third-order valence-corrected chi connectivity index (χ3v) is 0.694. The minimum Gasteiger partial charge on any atom is -0.0822 e. The van der Waals surface area contributed by atoms with Gasteiger partial charge in [0.2, 0.25) is 0 Å². The van der Waals surface area contributed by atoms with E-state index in [-0.39, 0.29) is 0 Å². The van der Waals surface area contributed by atoms with Gasteiger partial charge in [-0.3, -0.25) is 0 Å². The first-order valence-corrected chi connectivity index (χ1v) is 2.04. The van der Waals surface area contributed by atoms with E-state index in [9.17, 15) is 0 Å².